The van der Waals surface area contributed by atoms with Crippen LogP contribution in [0.3, 0.4) is 0 Å². The van der Waals surface area contributed by atoms with Crippen molar-refractivity contribution in [2.75, 3.05) is 0 Å². The van der Waals surface area contributed by atoms with E-state index in [0.717, 1.165) is 0 Å². The van der Waals surface area contributed by atoms with Gasteiger partial charge in [0.15, 0.2) is 0 Å². The Hall–Kier alpha value is 1.44. The summed E-state index contributed by atoms with van der Waals surface area (Å²) in [6, 6.07) is 0. The Morgan fingerprint density at radius 3 is 1.75 bits per heavy atom. The van der Waals surface area contributed by atoms with Crippen molar-refractivity contribution in [3.05, 3.63) is 0 Å². The van der Waals surface area contributed by atoms with E-state index in [0.29, 0.717) is 8.42 Å². The van der Waals surface area contributed by atoms with Crippen LogP contribution >= 0.6 is 17.3 Å². The van der Waals surface area contributed by atoms with Gasteiger partial charge in [-0.2, -0.15) is 0 Å². The van der Waals surface area contributed by atoms with Crippen LogP contribution in [0.1, 0.15) is 0 Å². The summed E-state index contributed by atoms with van der Waals surface area (Å²) in [6.45, 7) is 0. The van der Waals surface area contributed by atoms with Gasteiger partial charge in [-0.05, 0) is 8.42 Å². The molecule has 0 aromatic heterocycles. The molecule has 0 amide bonds. The Labute approximate surface area is 42.8 Å². The third-order valence-corrected chi connectivity index (χ3v) is 0. The Morgan fingerprint density at radius 1 is 1.75 bits per heavy atom. The molecule has 0 radical (unpaired) electrons. The molecule has 0 spiro atoms. The fraction of sp³-hybridized carbons (Fsp3) is 0. The number of hydrogen-bond donors (Lipinski definition) is 1. The normalized spacial score (nSPS) is 7.50. The van der Waals surface area contributed by atoms with Crippen LogP contribution in [0.25, 0.3) is 0 Å². The molecule has 4 heteroatoms. The summed E-state index contributed by atoms with van der Waals surface area (Å²) in [7, 11) is 2.88. The maximum atomic E-state index is 4.84. The quantitative estimate of drug-likeness (QED) is 0.424. The largest absolute Gasteiger partial charge is 0.309 e. The SMILES string of the molecule is NPP.[Ru]. The molecule has 2 atom stereocenters. The maximum Gasteiger partial charge on any atom is 0 e. The second kappa shape index (κ2) is 8.82. The molecule has 0 aliphatic rings. The van der Waals surface area contributed by atoms with Gasteiger partial charge in [-0.15, -0.1) is 0 Å². The average molecular weight is 182 g/mol. The molecule has 0 aliphatic heterocycles. The van der Waals surface area contributed by atoms with Crippen molar-refractivity contribution in [2.24, 2.45) is 5.50 Å². The molecule has 0 saturated heterocycles. The maximum absolute atomic E-state index is 4.84. The summed E-state index contributed by atoms with van der Waals surface area (Å²) < 4.78 is 0. The molecule has 0 bridgehead atoms. The van der Waals surface area contributed by atoms with E-state index in [1.807, 2.05) is 0 Å². The van der Waals surface area contributed by atoms with E-state index < -0.39 is 0 Å². The Morgan fingerprint density at radius 2 is 1.75 bits per heavy atom. The molecule has 0 heterocycles. The smallest absolute Gasteiger partial charge is 0 e. The van der Waals surface area contributed by atoms with Crippen LogP contribution in [0.4, 0.5) is 0 Å². The van der Waals surface area contributed by atoms with Crippen LogP contribution in [-0.2, 0) is 19.5 Å². The molecule has 1 nitrogen and oxygen atoms in total. The van der Waals surface area contributed by atoms with E-state index in [9.17, 15) is 0 Å². The molecule has 0 aliphatic carbocycles. The van der Waals surface area contributed by atoms with Gasteiger partial charge in [0.25, 0.3) is 0 Å². The molecule has 2 unspecified atom stereocenters. The monoisotopic (exact) mass is 183 g/mol. The molecule has 4 heavy (non-hydrogen) atoms. The predicted octanol–water partition coefficient (Wildman–Crippen LogP) is 0.326. The van der Waals surface area contributed by atoms with Gasteiger partial charge in [0.2, 0.25) is 0 Å². The minimum absolute atomic E-state index is 0. The Kier molecular flexibility index (Phi) is 20.0. The number of nitrogens with two attached hydrogens (primary N) is 1. The van der Waals surface area contributed by atoms with Crippen molar-refractivity contribution in [2.45, 2.75) is 0 Å². The van der Waals surface area contributed by atoms with Crippen LogP contribution in [0.2, 0.25) is 0 Å². The summed E-state index contributed by atoms with van der Waals surface area (Å²) in [5, 5.41) is 0. The van der Waals surface area contributed by atoms with E-state index in [4.69, 9.17) is 5.50 Å². The number of rotatable bonds is 0. The minimum Gasteiger partial charge on any atom is -0.309 e. The first kappa shape index (κ1) is 9.06. The van der Waals surface area contributed by atoms with Crippen LogP contribution in [-0.4, -0.2) is 0 Å². The topological polar surface area (TPSA) is 26.0 Å². The van der Waals surface area contributed by atoms with E-state index in [1.54, 1.807) is 0 Å². The van der Waals surface area contributed by atoms with Crippen molar-refractivity contribution < 1.29 is 19.5 Å². The first-order valence-corrected chi connectivity index (χ1v) is 3.46. The van der Waals surface area contributed by atoms with E-state index >= 15 is 0 Å². The third-order valence-electron chi connectivity index (χ3n) is 0. The van der Waals surface area contributed by atoms with Crippen LogP contribution in [0.15, 0.2) is 0 Å². The molecule has 0 rings (SSSR count). The molecule has 0 saturated carbocycles. The first-order valence-electron chi connectivity index (χ1n) is 0.577. The second-order valence-electron chi connectivity index (χ2n) is 0.167. The molecule has 2 N–H and O–H groups in total. The van der Waals surface area contributed by atoms with Crippen molar-refractivity contribution in [1.82, 2.24) is 0 Å². The zero-order valence-corrected chi connectivity index (χ0v) is 5.90. The van der Waals surface area contributed by atoms with Gasteiger partial charge in [0, 0.05) is 19.5 Å². The van der Waals surface area contributed by atoms with E-state index in [-0.39, 0.29) is 19.5 Å². The minimum atomic E-state index is 0. The van der Waals surface area contributed by atoms with Gasteiger partial charge in [-0.1, -0.05) is 8.93 Å². The standard InChI is InChI=1S/H5NP2.Ru/c1-3-2;/h3H,1-2H2;. The summed E-state index contributed by atoms with van der Waals surface area (Å²) in [6.07, 6.45) is 0. The van der Waals surface area contributed by atoms with Crippen LogP contribution in [0.5, 0.6) is 0 Å². The van der Waals surface area contributed by atoms with Gasteiger partial charge >= 0.3 is 0 Å². The second-order valence-corrected chi connectivity index (χ2v) is 1.50. The first-order chi connectivity index (χ1) is 1.41. The third kappa shape index (κ3) is 9.87. The molecule has 28 valence electrons. The molecule has 0 fully saturated rings. The van der Waals surface area contributed by atoms with Crippen LogP contribution in [0, 0.1) is 0 Å². The summed E-state index contributed by atoms with van der Waals surface area (Å²) in [5.74, 6) is 0. The average Bonchev–Trinajstić information content (AvgIpc) is 0.918. The Balaban J connectivity index is 0. The van der Waals surface area contributed by atoms with Gasteiger partial charge in [-0.25, -0.2) is 0 Å². The fourth-order valence-corrected chi connectivity index (χ4v) is 0. The van der Waals surface area contributed by atoms with Crippen LogP contribution < -0.4 is 5.50 Å². The molecule has 0 aromatic rings. The summed E-state index contributed by atoms with van der Waals surface area (Å²) in [4.78, 5) is 0. The predicted molar refractivity (Wildman–Crippen MR) is 22.2 cm³/mol. The van der Waals surface area contributed by atoms with Crippen molar-refractivity contribution in [1.29, 1.82) is 0 Å². The van der Waals surface area contributed by atoms with Gasteiger partial charge in [0.1, 0.15) is 0 Å². The zero-order chi connectivity index (χ0) is 2.71. The van der Waals surface area contributed by atoms with E-state index in [2.05, 4.69) is 8.93 Å². The molecular weight excluding hydrogens is 177 g/mol. The van der Waals surface area contributed by atoms with Gasteiger partial charge in [0.05, 0.1) is 0 Å². The number of hydrogen-bond acceptors (Lipinski definition) is 1. The van der Waals surface area contributed by atoms with Gasteiger partial charge < -0.3 is 5.50 Å². The van der Waals surface area contributed by atoms with Crippen molar-refractivity contribution in [3.63, 3.8) is 0 Å². The summed E-state index contributed by atoms with van der Waals surface area (Å²) >= 11 is 0. The fourth-order valence-electron chi connectivity index (χ4n) is 0. The molecular formula is H5NP2Ru. The Bertz CT molecular complexity index is 6.00. The molecule has 0 aromatic carbocycles. The summed E-state index contributed by atoms with van der Waals surface area (Å²) in [5.41, 5.74) is 4.84. The van der Waals surface area contributed by atoms with Crippen molar-refractivity contribution >= 4 is 17.3 Å². The zero-order valence-electron chi connectivity index (χ0n) is 2.01. The van der Waals surface area contributed by atoms with Crippen molar-refractivity contribution in [3.8, 4) is 0 Å². The van der Waals surface area contributed by atoms with E-state index in [1.165, 1.54) is 0 Å². The van der Waals surface area contributed by atoms with Gasteiger partial charge in [-0.3, -0.25) is 0 Å².